The number of ether oxygens (including phenoxy) is 1. The maximum atomic E-state index is 15.4. The summed E-state index contributed by atoms with van der Waals surface area (Å²) >= 11 is 0. The molecule has 53 heavy (non-hydrogen) atoms. The maximum Gasteiger partial charge on any atom is 0.417 e. The van der Waals surface area contributed by atoms with E-state index in [-0.39, 0.29) is 22.8 Å². The molecule has 2 aromatic heterocycles. The van der Waals surface area contributed by atoms with Gasteiger partial charge in [-0.3, -0.25) is 9.59 Å². The summed E-state index contributed by atoms with van der Waals surface area (Å²) < 4.78 is 84.1. The molecule has 1 aliphatic heterocycles. The number of imidazole rings is 1. The molecular weight excluding hydrogens is 693 g/mol. The number of ketones is 1. The molecule has 0 saturated heterocycles. The number of anilines is 1. The van der Waals surface area contributed by atoms with E-state index in [1.807, 2.05) is 0 Å². The average Bonchev–Trinajstić information content (AvgIpc) is 3.67. The Balaban J connectivity index is 1.19. The number of hydrogen-bond acceptors (Lipinski definition) is 5. The number of amides is 1. The molecule has 1 fully saturated rings. The second-order valence-corrected chi connectivity index (χ2v) is 13.9. The summed E-state index contributed by atoms with van der Waals surface area (Å²) in [5.41, 5.74) is 0.423. The van der Waals surface area contributed by atoms with Crippen molar-refractivity contribution in [2.75, 3.05) is 19.0 Å². The molecule has 0 atom stereocenters. The molecule has 3 heterocycles. The summed E-state index contributed by atoms with van der Waals surface area (Å²) in [4.78, 5) is 31.2. The Morgan fingerprint density at radius 1 is 1.06 bits per heavy atom. The van der Waals surface area contributed by atoms with E-state index in [2.05, 4.69) is 15.6 Å². The minimum atomic E-state index is -4.69. The highest BCUT2D eigenvalue weighted by molar-refractivity contribution is 6.18. The highest BCUT2D eigenvalue weighted by Gasteiger charge is 2.38. The van der Waals surface area contributed by atoms with Gasteiger partial charge < -0.3 is 24.5 Å². The fourth-order valence-corrected chi connectivity index (χ4v) is 7.83. The molecule has 0 radical (unpaired) electrons. The molecule has 1 aliphatic carbocycles. The van der Waals surface area contributed by atoms with Crippen LogP contribution in [-0.4, -0.2) is 51.6 Å². The van der Waals surface area contributed by atoms with Crippen LogP contribution in [0.25, 0.3) is 33.1 Å². The largest absolute Gasteiger partial charge is 0.417 e. The Bertz CT molecular complexity index is 2240. The number of carbonyl (C=O) groups is 2. The van der Waals surface area contributed by atoms with Crippen LogP contribution < -0.4 is 10.6 Å². The van der Waals surface area contributed by atoms with Crippen LogP contribution in [0.2, 0.25) is 0 Å². The molecular formula is C40H40F5N5O3. The van der Waals surface area contributed by atoms with Crippen LogP contribution in [0, 0.1) is 18.6 Å². The number of hydrogen-bond donors (Lipinski definition) is 2. The van der Waals surface area contributed by atoms with E-state index in [0.29, 0.717) is 77.3 Å². The first kappa shape index (κ1) is 36.5. The number of aromatic nitrogens is 3. The van der Waals surface area contributed by atoms with E-state index in [1.54, 1.807) is 60.7 Å². The van der Waals surface area contributed by atoms with Crippen LogP contribution in [0.1, 0.15) is 71.4 Å². The molecule has 5 aromatic rings. The van der Waals surface area contributed by atoms with E-state index < -0.39 is 40.8 Å². The molecule has 13 heteroatoms. The molecule has 2 N–H and O–H groups in total. The number of para-hydroxylation sites is 1. The molecule has 0 bridgehead atoms. The minimum absolute atomic E-state index is 0.0187. The first-order valence-corrected chi connectivity index (χ1v) is 17.8. The lowest BCUT2D eigenvalue weighted by molar-refractivity contribution is -0.137. The van der Waals surface area contributed by atoms with Gasteiger partial charge in [0.15, 0.2) is 5.78 Å². The summed E-state index contributed by atoms with van der Waals surface area (Å²) in [6.07, 6.45) is 5.23. The topological polar surface area (TPSA) is 90.2 Å². The fourth-order valence-electron chi connectivity index (χ4n) is 7.83. The standard InChI is InChI=1S/C40H40F5N5O3/c1-22-47-36-27-8-4-5-17-50-21-29(26-9-6-10-28(38(26)50)35(27)30(40(43,44)45)20-33(36)49(22)2)39(52)23-18-31(41)37(32(42)19-23)48-34(51)11-7-16-46-24-12-14-25(53-3)15-13-24/h6-7,9-11,18-21,24-25,46H,4-5,8,12-17H2,1-3H3,(H,48,51)/b11-7+. The number of methoxy groups -OCH3 is 1. The van der Waals surface area contributed by atoms with Crippen LogP contribution in [-0.2, 0) is 35.7 Å². The minimum Gasteiger partial charge on any atom is -0.381 e. The Hall–Kier alpha value is -4.88. The van der Waals surface area contributed by atoms with Crippen molar-refractivity contribution in [1.82, 2.24) is 19.4 Å². The highest BCUT2D eigenvalue weighted by atomic mass is 19.4. The number of nitrogens with zero attached hydrogens (tertiary/aromatic N) is 3. The number of rotatable bonds is 8. The smallest absolute Gasteiger partial charge is 0.381 e. The van der Waals surface area contributed by atoms with Crippen LogP contribution in [0.5, 0.6) is 0 Å². The SMILES string of the molecule is COC1CCC(NC/C=C/C(=O)Nc2c(F)cc(C(=O)c3cn4c5c(cccc35)-c3c(C(F)(F)F)cc5c(nc(C)n5C)c3CCCC4)cc2F)CC1. The average molecular weight is 734 g/mol. The van der Waals surface area contributed by atoms with E-state index >= 15 is 8.78 Å². The number of nitrogens with one attached hydrogen (secondary N) is 2. The molecule has 0 spiro atoms. The van der Waals surface area contributed by atoms with Gasteiger partial charge in [-0.1, -0.05) is 24.3 Å². The lowest BCUT2D eigenvalue weighted by atomic mass is 9.89. The predicted molar refractivity (Wildman–Crippen MR) is 193 cm³/mol. The number of carbonyl (C=O) groups excluding carboxylic acids is 2. The predicted octanol–water partition coefficient (Wildman–Crippen LogP) is 8.41. The van der Waals surface area contributed by atoms with Crippen molar-refractivity contribution < 1.29 is 36.3 Å². The van der Waals surface area contributed by atoms with Gasteiger partial charge in [-0.25, -0.2) is 13.8 Å². The maximum absolute atomic E-state index is 15.4. The van der Waals surface area contributed by atoms with Crippen molar-refractivity contribution in [1.29, 1.82) is 0 Å². The number of halogens is 5. The molecule has 7 rings (SSSR count). The van der Waals surface area contributed by atoms with E-state index in [4.69, 9.17) is 4.74 Å². The quantitative estimate of drug-likeness (QED) is 0.0950. The third-order valence-electron chi connectivity index (χ3n) is 10.6. The molecule has 2 aliphatic rings. The normalized spacial score (nSPS) is 17.9. The van der Waals surface area contributed by atoms with Gasteiger partial charge in [0.2, 0.25) is 5.91 Å². The summed E-state index contributed by atoms with van der Waals surface area (Å²) in [5, 5.41) is 5.92. The van der Waals surface area contributed by atoms with Crippen LogP contribution >= 0.6 is 0 Å². The number of alkyl halides is 3. The molecule has 8 nitrogen and oxygen atoms in total. The summed E-state index contributed by atoms with van der Waals surface area (Å²) in [6, 6.07) is 7.97. The van der Waals surface area contributed by atoms with Crippen LogP contribution in [0.3, 0.4) is 0 Å². The highest BCUT2D eigenvalue weighted by Crippen LogP contribution is 2.46. The first-order chi connectivity index (χ1) is 25.3. The van der Waals surface area contributed by atoms with Crippen LogP contribution in [0.15, 0.2) is 54.7 Å². The second kappa shape index (κ2) is 14.5. The molecule has 1 amide bonds. The Labute approximate surface area is 303 Å². The Morgan fingerprint density at radius 3 is 2.49 bits per heavy atom. The zero-order valence-corrected chi connectivity index (χ0v) is 29.7. The van der Waals surface area contributed by atoms with Crippen molar-refractivity contribution in [3.8, 4) is 11.1 Å². The van der Waals surface area contributed by atoms with Gasteiger partial charge in [0.25, 0.3) is 0 Å². The lowest BCUT2D eigenvalue weighted by Gasteiger charge is -2.27. The zero-order valence-electron chi connectivity index (χ0n) is 29.7. The van der Waals surface area contributed by atoms with Crippen LogP contribution in [0.4, 0.5) is 27.6 Å². The van der Waals surface area contributed by atoms with E-state index in [0.717, 1.165) is 43.9 Å². The first-order valence-electron chi connectivity index (χ1n) is 17.8. The third kappa shape index (κ3) is 6.99. The van der Waals surface area contributed by atoms with E-state index in [1.165, 1.54) is 6.08 Å². The Kier molecular flexibility index (Phi) is 9.98. The van der Waals surface area contributed by atoms with Gasteiger partial charge in [-0.15, -0.1) is 0 Å². The molecule has 3 aromatic carbocycles. The van der Waals surface area contributed by atoms with Crippen molar-refractivity contribution in [3.05, 3.63) is 94.5 Å². The summed E-state index contributed by atoms with van der Waals surface area (Å²) in [7, 11) is 3.39. The third-order valence-corrected chi connectivity index (χ3v) is 10.6. The molecule has 1 saturated carbocycles. The monoisotopic (exact) mass is 733 g/mol. The summed E-state index contributed by atoms with van der Waals surface area (Å²) in [6.45, 7) is 2.56. The fraction of sp³-hybridized carbons (Fsp3) is 0.375. The second-order valence-electron chi connectivity index (χ2n) is 13.9. The van der Waals surface area contributed by atoms with Crippen molar-refractivity contribution in [3.63, 3.8) is 0 Å². The van der Waals surface area contributed by atoms with Crippen molar-refractivity contribution in [2.45, 2.75) is 76.7 Å². The zero-order chi connectivity index (χ0) is 37.6. The van der Waals surface area contributed by atoms with Gasteiger partial charge in [-0.05, 0) is 75.6 Å². The van der Waals surface area contributed by atoms with Crippen molar-refractivity contribution >= 4 is 39.3 Å². The number of benzene rings is 3. The number of aryl methyl sites for hydroxylation is 4. The lowest BCUT2D eigenvalue weighted by Crippen LogP contribution is -2.35. The van der Waals surface area contributed by atoms with Crippen molar-refractivity contribution in [2.24, 2.45) is 7.05 Å². The van der Waals surface area contributed by atoms with Gasteiger partial charge >= 0.3 is 6.18 Å². The van der Waals surface area contributed by atoms with E-state index in [9.17, 15) is 22.8 Å². The van der Waals surface area contributed by atoms with Gasteiger partial charge in [0.05, 0.1) is 28.2 Å². The van der Waals surface area contributed by atoms with Gasteiger partial charge in [0, 0.05) is 73.2 Å². The molecule has 0 unspecified atom stereocenters. The summed E-state index contributed by atoms with van der Waals surface area (Å²) in [5.74, 6) is -3.14. The number of fused-ring (bicyclic) bond motifs is 4. The van der Waals surface area contributed by atoms with Gasteiger partial charge in [-0.2, -0.15) is 13.2 Å². The molecule has 278 valence electrons. The Morgan fingerprint density at radius 2 is 1.79 bits per heavy atom. The van der Waals surface area contributed by atoms with Gasteiger partial charge in [0.1, 0.15) is 23.1 Å².